The van der Waals surface area contributed by atoms with Crippen LogP contribution in [0.15, 0.2) is 11.2 Å². The van der Waals surface area contributed by atoms with E-state index in [2.05, 4.69) is 9.97 Å². The highest BCUT2D eigenvalue weighted by Gasteiger charge is 2.15. The van der Waals surface area contributed by atoms with Crippen LogP contribution in [0, 0.1) is 0 Å². The van der Waals surface area contributed by atoms with E-state index in [1.54, 1.807) is 6.07 Å². The van der Waals surface area contributed by atoms with Gasteiger partial charge in [-0.15, -0.1) is 0 Å². The Kier molecular flexibility index (Phi) is 4.85. The van der Waals surface area contributed by atoms with Crippen LogP contribution in [0.5, 0.6) is 5.88 Å². The fraction of sp³-hybridized carbons (Fsp3) is 0.600. The maximum absolute atomic E-state index is 5.85. The molecular formula is C10H13ClN2O3S. The van der Waals surface area contributed by atoms with Crippen molar-refractivity contribution in [3.63, 3.8) is 0 Å². The van der Waals surface area contributed by atoms with Crippen molar-refractivity contribution in [3.05, 3.63) is 11.2 Å². The minimum atomic E-state index is -0.0461. The highest BCUT2D eigenvalue weighted by molar-refractivity contribution is 7.98. The first kappa shape index (κ1) is 12.9. The van der Waals surface area contributed by atoms with Crippen LogP contribution >= 0.6 is 23.4 Å². The summed E-state index contributed by atoms with van der Waals surface area (Å²) in [4.78, 5) is 8.21. The number of hydrogen-bond donors (Lipinski definition) is 0. The Bertz CT molecular complexity index is 375. The SMILES string of the molecule is CSc1nc(Cl)cc(OCC2COCCO2)n1. The lowest BCUT2D eigenvalue weighted by Gasteiger charge is -2.22. The number of ether oxygens (including phenoxy) is 3. The highest BCUT2D eigenvalue weighted by Crippen LogP contribution is 2.19. The van der Waals surface area contributed by atoms with E-state index >= 15 is 0 Å². The van der Waals surface area contributed by atoms with Crippen molar-refractivity contribution in [2.75, 3.05) is 32.7 Å². The lowest BCUT2D eigenvalue weighted by molar-refractivity contribution is -0.102. The van der Waals surface area contributed by atoms with E-state index in [1.165, 1.54) is 11.8 Å². The van der Waals surface area contributed by atoms with Gasteiger partial charge in [0.2, 0.25) is 5.88 Å². The molecule has 1 saturated heterocycles. The summed E-state index contributed by atoms with van der Waals surface area (Å²) in [5, 5.41) is 0.966. The van der Waals surface area contributed by atoms with Gasteiger partial charge in [-0.3, -0.25) is 0 Å². The zero-order valence-corrected chi connectivity index (χ0v) is 11.0. The first-order valence-electron chi connectivity index (χ1n) is 5.18. The zero-order valence-electron chi connectivity index (χ0n) is 9.39. The maximum Gasteiger partial charge on any atom is 0.218 e. The van der Waals surface area contributed by atoms with E-state index in [0.717, 1.165) is 0 Å². The van der Waals surface area contributed by atoms with Gasteiger partial charge in [0.1, 0.15) is 17.9 Å². The van der Waals surface area contributed by atoms with Crippen molar-refractivity contribution < 1.29 is 14.2 Å². The van der Waals surface area contributed by atoms with Gasteiger partial charge >= 0.3 is 0 Å². The first-order valence-corrected chi connectivity index (χ1v) is 6.79. The molecule has 0 saturated carbocycles. The average molecular weight is 277 g/mol. The van der Waals surface area contributed by atoms with E-state index in [4.69, 9.17) is 25.8 Å². The molecule has 1 aromatic heterocycles. The Labute approximate surface area is 109 Å². The molecule has 0 radical (unpaired) electrons. The van der Waals surface area contributed by atoms with E-state index in [0.29, 0.717) is 42.6 Å². The van der Waals surface area contributed by atoms with Gasteiger partial charge < -0.3 is 14.2 Å². The van der Waals surface area contributed by atoms with Gasteiger partial charge in [-0.25, -0.2) is 4.98 Å². The number of nitrogens with zero attached hydrogens (tertiary/aromatic N) is 2. The minimum Gasteiger partial charge on any atom is -0.475 e. The molecule has 1 unspecified atom stereocenters. The second kappa shape index (κ2) is 6.39. The van der Waals surface area contributed by atoms with E-state index in [1.807, 2.05) is 6.26 Å². The van der Waals surface area contributed by atoms with Gasteiger partial charge in [0.25, 0.3) is 0 Å². The molecule has 1 aromatic rings. The zero-order chi connectivity index (χ0) is 12.1. The average Bonchev–Trinajstić information content (AvgIpc) is 2.37. The quantitative estimate of drug-likeness (QED) is 0.473. The molecule has 1 fully saturated rings. The molecule has 0 aromatic carbocycles. The molecule has 5 nitrogen and oxygen atoms in total. The Hall–Kier alpha value is -0.560. The maximum atomic E-state index is 5.85. The summed E-state index contributed by atoms with van der Waals surface area (Å²) in [5.41, 5.74) is 0. The molecule has 0 bridgehead atoms. The van der Waals surface area contributed by atoms with Crippen molar-refractivity contribution in [1.82, 2.24) is 9.97 Å². The van der Waals surface area contributed by atoms with Crippen molar-refractivity contribution in [2.45, 2.75) is 11.3 Å². The lowest BCUT2D eigenvalue weighted by atomic mass is 10.4. The third-order valence-electron chi connectivity index (χ3n) is 2.14. The minimum absolute atomic E-state index is 0.0461. The summed E-state index contributed by atoms with van der Waals surface area (Å²) in [6.07, 6.45) is 1.84. The van der Waals surface area contributed by atoms with Crippen LogP contribution in [0.2, 0.25) is 5.15 Å². The normalized spacial score (nSPS) is 20.2. The predicted octanol–water partition coefficient (Wildman–Crippen LogP) is 1.65. The third-order valence-corrected chi connectivity index (χ3v) is 2.88. The molecule has 94 valence electrons. The summed E-state index contributed by atoms with van der Waals surface area (Å²) in [7, 11) is 0. The number of rotatable bonds is 4. The van der Waals surface area contributed by atoms with Crippen LogP contribution in [0.3, 0.4) is 0 Å². The fourth-order valence-corrected chi connectivity index (χ4v) is 1.95. The molecule has 1 aliphatic rings. The van der Waals surface area contributed by atoms with Gasteiger partial charge in [-0.05, 0) is 6.26 Å². The van der Waals surface area contributed by atoms with Crippen molar-refractivity contribution >= 4 is 23.4 Å². The Morgan fingerprint density at radius 1 is 1.53 bits per heavy atom. The largest absolute Gasteiger partial charge is 0.475 e. The Balaban J connectivity index is 1.91. The number of halogens is 1. The van der Waals surface area contributed by atoms with Gasteiger partial charge in [0, 0.05) is 6.07 Å². The Morgan fingerprint density at radius 3 is 3.12 bits per heavy atom. The molecule has 0 aliphatic carbocycles. The van der Waals surface area contributed by atoms with Crippen molar-refractivity contribution in [2.24, 2.45) is 0 Å². The van der Waals surface area contributed by atoms with Crippen LogP contribution in [0.25, 0.3) is 0 Å². The van der Waals surface area contributed by atoms with Gasteiger partial charge in [-0.2, -0.15) is 4.98 Å². The van der Waals surface area contributed by atoms with E-state index < -0.39 is 0 Å². The molecule has 7 heteroatoms. The first-order chi connectivity index (χ1) is 8.28. The van der Waals surface area contributed by atoms with Crippen molar-refractivity contribution in [3.8, 4) is 5.88 Å². The number of thioether (sulfide) groups is 1. The fourth-order valence-electron chi connectivity index (χ4n) is 1.35. The molecule has 1 atom stereocenters. The second-order valence-electron chi connectivity index (χ2n) is 3.39. The van der Waals surface area contributed by atoms with Crippen LogP contribution in [0.1, 0.15) is 0 Å². The molecule has 0 N–H and O–H groups in total. The lowest BCUT2D eigenvalue weighted by Crippen LogP contribution is -2.33. The Morgan fingerprint density at radius 2 is 2.41 bits per heavy atom. The van der Waals surface area contributed by atoms with Crippen LogP contribution < -0.4 is 4.74 Å². The molecular weight excluding hydrogens is 264 g/mol. The summed E-state index contributed by atoms with van der Waals surface area (Å²) in [6.45, 7) is 2.20. The summed E-state index contributed by atoms with van der Waals surface area (Å²) in [5.74, 6) is 0.462. The third kappa shape index (κ3) is 3.99. The molecule has 0 spiro atoms. The molecule has 2 heterocycles. The number of hydrogen-bond acceptors (Lipinski definition) is 6. The second-order valence-corrected chi connectivity index (χ2v) is 4.55. The van der Waals surface area contributed by atoms with Crippen LogP contribution in [0.4, 0.5) is 0 Å². The standard InChI is InChI=1S/C10H13ClN2O3S/c1-17-10-12-8(11)4-9(13-10)16-6-7-5-14-2-3-15-7/h4,7H,2-3,5-6H2,1H3. The summed E-state index contributed by atoms with van der Waals surface area (Å²) < 4.78 is 16.2. The summed E-state index contributed by atoms with van der Waals surface area (Å²) >= 11 is 7.27. The molecule has 17 heavy (non-hydrogen) atoms. The summed E-state index contributed by atoms with van der Waals surface area (Å²) in [6, 6.07) is 1.59. The predicted molar refractivity (Wildman–Crippen MR) is 64.9 cm³/mol. The number of aromatic nitrogens is 2. The van der Waals surface area contributed by atoms with Crippen LogP contribution in [-0.4, -0.2) is 48.8 Å². The van der Waals surface area contributed by atoms with Gasteiger partial charge in [0.15, 0.2) is 5.16 Å². The van der Waals surface area contributed by atoms with Gasteiger partial charge in [-0.1, -0.05) is 23.4 Å². The van der Waals surface area contributed by atoms with Crippen LogP contribution in [-0.2, 0) is 9.47 Å². The molecule has 1 aliphatic heterocycles. The molecule has 0 amide bonds. The molecule has 2 rings (SSSR count). The van der Waals surface area contributed by atoms with Crippen molar-refractivity contribution in [1.29, 1.82) is 0 Å². The van der Waals surface area contributed by atoms with E-state index in [9.17, 15) is 0 Å². The topological polar surface area (TPSA) is 53.5 Å². The van der Waals surface area contributed by atoms with E-state index in [-0.39, 0.29) is 6.10 Å². The monoisotopic (exact) mass is 276 g/mol. The smallest absolute Gasteiger partial charge is 0.218 e. The highest BCUT2D eigenvalue weighted by atomic mass is 35.5. The van der Waals surface area contributed by atoms with Gasteiger partial charge in [0.05, 0.1) is 19.8 Å².